The number of hydrogen-bond donors (Lipinski definition) is 2. The fourth-order valence-corrected chi connectivity index (χ4v) is 4.86. The van der Waals surface area contributed by atoms with E-state index in [-0.39, 0.29) is 11.8 Å². The summed E-state index contributed by atoms with van der Waals surface area (Å²) in [5, 5.41) is 7.26. The molecule has 0 saturated carbocycles. The number of rotatable bonds is 3. The van der Waals surface area contributed by atoms with Gasteiger partial charge in [-0.25, -0.2) is 9.18 Å². The Labute approximate surface area is 161 Å². The van der Waals surface area contributed by atoms with Crippen molar-refractivity contribution >= 4 is 45.3 Å². The topological polar surface area (TPSA) is 50.4 Å². The minimum Gasteiger partial charge on any atom is -0.465 e. The van der Waals surface area contributed by atoms with Crippen molar-refractivity contribution < 1.29 is 13.9 Å². The van der Waals surface area contributed by atoms with Crippen molar-refractivity contribution in [2.75, 3.05) is 17.7 Å². The number of anilines is 2. The first-order chi connectivity index (χ1) is 12.4. The van der Waals surface area contributed by atoms with Crippen molar-refractivity contribution in [1.82, 2.24) is 0 Å². The number of benzene rings is 1. The summed E-state index contributed by atoms with van der Waals surface area (Å²) in [5.41, 5.74) is 3.13. The maximum Gasteiger partial charge on any atom is 0.341 e. The molecule has 1 heterocycles. The van der Waals surface area contributed by atoms with E-state index in [2.05, 4.69) is 17.6 Å². The Balaban J connectivity index is 1.84. The van der Waals surface area contributed by atoms with Crippen LogP contribution in [-0.2, 0) is 17.6 Å². The second-order valence-electron chi connectivity index (χ2n) is 6.59. The van der Waals surface area contributed by atoms with Crippen molar-refractivity contribution in [3.63, 3.8) is 0 Å². The van der Waals surface area contributed by atoms with Crippen LogP contribution in [-0.4, -0.2) is 18.2 Å². The number of methoxy groups -OCH3 is 1. The lowest BCUT2D eigenvalue weighted by Crippen LogP contribution is -2.21. The quantitative estimate of drug-likeness (QED) is 0.574. The molecular weight excluding hydrogens is 371 g/mol. The van der Waals surface area contributed by atoms with Gasteiger partial charge in [-0.15, -0.1) is 11.3 Å². The summed E-state index contributed by atoms with van der Waals surface area (Å²) < 4.78 is 18.2. The van der Waals surface area contributed by atoms with Crippen LogP contribution >= 0.6 is 23.6 Å². The molecular formula is C19H21FN2O2S2. The Morgan fingerprint density at radius 2 is 2.15 bits per heavy atom. The molecule has 2 aromatic rings. The Kier molecular flexibility index (Phi) is 5.58. The van der Waals surface area contributed by atoms with Gasteiger partial charge in [-0.1, -0.05) is 6.92 Å². The molecule has 0 amide bonds. The van der Waals surface area contributed by atoms with Gasteiger partial charge in [0.1, 0.15) is 10.8 Å². The molecule has 0 saturated heterocycles. The minimum absolute atomic E-state index is 0.292. The van der Waals surface area contributed by atoms with E-state index in [0.29, 0.717) is 21.6 Å². The summed E-state index contributed by atoms with van der Waals surface area (Å²) in [7, 11) is 1.39. The monoisotopic (exact) mass is 392 g/mol. The van der Waals surface area contributed by atoms with Crippen LogP contribution in [0.4, 0.5) is 15.1 Å². The van der Waals surface area contributed by atoms with E-state index in [1.54, 1.807) is 24.3 Å². The molecule has 0 spiro atoms. The van der Waals surface area contributed by atoms with E-state index >= 15 is 0 Å². The fourth-order valence-electron chi connectivity index (χ4n) is 3.18. The molecule has 1 aromatic heterocycles. The number of hydrogen-bond acceptors (Lipinski definition) is 4. The summed E-state index contributed by atoms with van der Waals surface area (Å²) in [6, 6.07) is 4.46. The third-order valence-electron chi connectivity index (χ3n) is 4.56. The van der Waals surface area contributed by atoms with Crippen LogP contribution in [0.5, 0.6) is 0 Å². The van der Waals surface area contributed by atoms with Gasteiger partial charge in [0.15, 0.2) is 5.11 Å². The van der Waals surface area contributed by atoms with Gasteiger partial charge in [0.05, 0.1) is 12.7 Å². The van der Waals surface area contributed by atoms with Crippen molar-refractivity contribution in [3.05, 3.63) is 45.6 Å². The Bertz CT molecular complexity index is 863. The number of carbonyl (C=O) groups excluding carboxylic acids is 1. The van der Waals surface area contributed by atoms with Crippen molar-refractivity contribution in [2.24, 2.45) is 5.92 Å². The molecule has 4 nitrogen and oxygen atoms in total. The average Bonchev–Trinajstić information content (AvgIpc) is 2.93. The van der Waals surface area contributed by atoms with E-state index < -0.39 is 0 Å². The van der Waals surface area contributed by atoms with Gasteiger partial charge in [-0.05, 0) is 73.6 Å². The maximum absolute atomic E-state index is 13.2. The highest BCUT2D eigenvalue weighted by Crippen LogP contribution is 2.40. The lowest BCUT2D eigenvalue weighted by atomic mass is 9.88. The van der Waals surface area contributed by atoms with E-state index in [0.717, 1.165) is 36.1 Å². The molecule has 1 aliphatic rings. The summed E-state index contributed by atoms with van der Waals surface area (Å²) in [6.45, 7) is 4.02. The Hall–Kier alpha value is -1.99. The number of ether oxygens (including phenoxy) is 1. The molecule has 3 rings (SSSR count). The zero-order chi connectivity index (χ0) is 18.8. The number of nitrogens with one attached hydrogen (secondary N) is 2. The van der Waals surface area contributed by atoms with Crippen molar-refractivity contribution in [1.29, 1.82) is 0 Å². The second-order valence-corrected chi connectivity index (χ2v) is 8.10. The highest BCUT2D eigenvalue weighted by Gasteiger charge is 2.28. The van der Waals surface area contributed by atoms with E-state index in [1.807, 2.05) is 0 Å². The van der Waals surface area contributed by atoms with Crippen LogP contribution in [0, 0.1) is 18.7 Å². The van der Waals surface area contributed by atoms with Crippen LogP contribution in [0.15, 0.2) is 18.2 Å². The Morgan fingerprint density at radius 3 is 2.85 bits per heavy atom. The number of thiophene rings is 1. The zero-order valence-corrected chi connectivity index (χ0v) is 16.6. The minimum atomic E-state index is -0.347. The molecule has 1 aromatic carbocycles. The highest BCUT2D eigenvalue weighted by atomic mass is 32.1. The zero-order valence-electron chi connectivity index (χ0n) is 14.9. The number of esters is 1. The van der Waals surface area contributed by atoms with Crippen LogP contribution in [0.25, 0.3) is 0 Å². The number of aryl methyl sites for hydroxylation is 1. The predicted molar refractivity (Wildman–Crippen MR) is 108 cm³/mol. The molecule has 0 fully saturated rings. The van der Waals surface area contributed by atoms with E-state index in [1.165, 1.54) is 24.1 Å². The van der Waals surface area contributed by atoms with E-state index in [9.17, 15) is 9.18 Å². The maximum atomic E-state index is 13.2. The molecule has 0 bridgehead atoms. The predicted octanol–water partition coefficient (Wildman–Crippen LogP) is 4.92. The van der Waals surface area contributed by atoms with Gasteiger partial charge in [0.25, 0.3) is 0 Å². The molecule has 1 aliphatic carbocycles. The first kappa shape index (κ1) is 18.8. The number of fused-ring (bicyclic) bond motifs is 1. The third-order valence-corrected chi connectivity index (χ3v) is 5.94. The SMILES string of the molecule is COC(=O)c1c(NC(=S)Nc2ccc(F)cc2C)sc2c1CCC(C)C2. The lowest BCUT2D eigenvalue weighted by molar-refractivity contribution is 0.0601. The van der Waals surface area contributed by atoms with Gasteiger partial charge in [-0.3, -0.25) is 0 Å². The first-order valence-corrected chi connectivity index (χ1v) is 9.68. The smallest absolute Gasteiger partial charge is 0.341 e. The lowest BCUT2D eigenvalue weighted by Gasteiger charge is -2.18. The molecule has 7 heteroatoms. The largest absolute Gasteiger partial charge is 0.465 e. The van der Waals surface area contributed by atoms with Crippen molar-refractivity contribution in [3.8, 4) is 0 Å². The molecule has 1 atom stereocenters. The third kappa shape index (κ3) is 3.88. The molecule has 0 aliphatic heterocycles. The van der Waals surface area contributed by atoms with Crippen LogP contribution < -0.4 is 10.6 Å². The number of halogens is 1. The van der Waals surface area contributed by atoms with Gasteiger partial charge in [0.2, 0.25) is 0 Å². The molecule has 26 heavy (non-hydrogen) atoms. The molecule has 1 unspecified atom stereocenters. The molecule has 2 N–H and O–H groups in total. The second kappa shape index (κ2) is 7.72. The molecule has 138 valence electrons. The van der Waals surface area contributed by atoms with Crippen LogP contribution in [0.1, 0.15) is 39.7 Å². The van der Waals surface area contributed by atoms with Gasteiger partial charge >= 0.3 is 5.97 Å². The van der Waals surface area contributed by atoms with Crippen molar-refractivity contribution in [2.45, 2.75) is 33.1 Å². The fraction of sp³-hybridized carbons (Fsp3) is 0.368. The van der Waals surface area contributed by atoms with Crippen LogP contribution in [0.2, 0.25) is 0 Å². The number of thiocarbonyl (C=S) groups is 1. The standard InChI is InChI=1S/C19H21FN2O2S2/c1-10-4-6-13-15(8-10)26-17(16(13)18(23)24-3)22-19(25)21-14-7-5-12(20)9-11(14)2/h5,7,9-10H,4,6,8H2,1-3H3,(H2,21,22,25). The van der Waals surface area contributed by atoms with Gasteiger partial charge < -0.3 is 15.4 Å². The average molecular weight is 393 g/mol. The Morgan fingerprint density at radius 1 is 1.38 bits per heavy atom. The number of carbonyl (C=O) groups is 1. The first-order valence-electron chi connectivity index (χ1n) is 8.46. The summed E-state index contributed by atoms with van der Waals surface area (Å²) >= 11 is 6.95. The molecule has 0 radical (unpaired) electrons. The summed E-state index contributed by atoms with van der Waals surface area (Å²) in [6.07, 6.45) is 2.89. The summed E-state index contributed by atoms with van der Waals surface area (Å²) in [5.74, 6) is -0.0355. The summed E-state index contributed by atoms with van der Waals surface area (Å²) in [4.78, 5) is 13.5. The van der Waals surface area contributed by atoms with E-state index in [4.69, 9.17) is 17.0 Å². The highest BCUT2D eigenvalue weighted by molar-refractivity contribution is 7.80. The van der Waals surface area contributed by atoms with Gasteiger partial charge in [0, 0.05) is 10.6 Å². The van der Waals surface area contributed by atoms with Gasteiger partial charge in [-0.2, -0.15) is 0 Å². The normalized spacial score (nSPS) is 15.9. The van der Waals surface area contributed by atoms with Crippen LogP contribution in [0.3, 0.4) is 0 Å².